The number of hydrogen-bond acceptors (Lipinski definition) is 5. The molecule has 0 saturated heterocycles. The molecule has 3 aromatic rings. The van der Waals surface area contributed by atoms with Crippen molar-refractivity contribution in [1.29, 1.82) is 0 Å². The first-order valence-electron chi connectivity index (χ1n) is 7.72. The Hall–Kier alpha value is -3.41. The summed E-state index contributed by atoms with van der Waals surface area (Å²) in [7, 11) is 0. The minimum absolute atomic E-state index is 0.298. The monoisotopic (exact) mass is 336 g/mol. The molecule has 0 atom stereocenters. The zero-order valence-corrected chi connectivity index (χ0v) is 13.3. The number of amides is 1. The van der Waals surface area contributed by atoms with E-state index in [1.165, 1.54) is 12.2 Å². The number of esters is 1. The van der Waals surface area contributed by atoms with Gasteiger partial charge in [0.05, 0.1) is 0 Å². The lowest BCUT2D eigenvalue weighted by Gasteiger charge is -2.05. The van der Waals surface area contributed by atoms with Crippen molar-refractivity contribution in [1.82, 2.24) is 10.3 Å². The highest BCUT2D eigenvalue weighted by atomic mass is 16.5. The van der Waals surface area contributed by atoms with E-state index in [4.69, 9.17) is 9.15 Å². The van der Waals surface area contributed by atoms with Crippen molar-refractivity contribution in [2.45, 2.75) is 6.54 Å². The van der Waals surface area contributed by atoms with Crippen molar-refractivity contribution in [2.24, 2.45) is 0 Å². The Morgan fingerprint density at radius 3 is 2.64 bits per heavy atom. The molecule has 0 unspecified atom stereocenters. The van der Waals surface area contributed by atoms with Crippen molar-refractivity contribution in [2.75, 3.05) is 6.61 Å². The van der Waals surface area contributed by atoms with E-state index in [0.29, 0.717) is 23.5 Å². The quantitative estimate of drug-likeness (QED) is 0.553. The molecule has 25 heavy (non-hydrogen) atoms. The average Bonchev–Trinajstić information content (AvgIpc) is 3.07. The van der Waals surface area contributed by atoms with Gasteiger partial charge >= 0.3 is 5.97 Å². The maximum absolute atomic E-state index is 11.7. The molecule has 2 aromatic carbocycles. The number of nitrogens with one attached hydrogen (secondary N) is 1. The lowest BCUT2D eigenvalue weighted by molar-refractivity contribution is -0.143. The molecule has 1 aromatic heterocycles. The number of para-hydroxylation sites is 2. The van der Waals surface area contributed by atoms with Gasteiger partial charge in [-0.05, 0) is 17.7 Å². The summed E-state index contributed by atoms with van der Waals surface area (Å²) in [6, 6.07) is 16.8. The van der Waals surface area contributed by atoms with E-state index in [1.807, 2.05) is 48.5 Å². The van der Waals surface area contributed by atoms with Crippen molar-refractivity contribution < 1.29 is 18.7 Å². The molecular formula is C19H16N2O4. The number of nitrogens with zero attached hydrogens (tertiary/aromatic N) is 1. The molecule has 1 N–H and O–H groups in total. The highest BCUT2D eigenvalue weighted by molar-refractivity contribution is 5.89. The maximum atomic E-state index is 11.7. The summed E-state index contributed by atoms with van der Waals surface area (Å²) >= 11 is 0. The van der Waals surface area contributed by atoms with Gasteiger partial charge in [0.1, 0.15) is 5.52 Å². The van der Waals surface area contributed by atoms with E-state index >= 15 is 0 Å². The number of ether oxygens (including phenoxy) is 1. The van der Waals surface area contributed by atoms with Gasteiger partial charge in [-0.25, -0.2) is 9.78 Å². The van der Waals surface area contributed by atoms with Crippen LogP contribution >= 0.6 is 0 Å². The Bertz CT molecular complexity index is 867. The minimum atomic E-state index is -0.642. The summed E-state index contributed by atoms with van der Waals surface area (Å²) in [5.41, 5.74) is 2.31. The summed E-state index contributed by atoms with van der Waals surface area (Å²) < 4.78 is 10.3. The topological polar surface area (TPSA) is 81.4 Å². The van der Waals surface area contributed by atoms with Crippen molar-refractivity contribution in [3.05, 3.63) is 72.1 Å². The van der Waals surface area contributed by atoms with E-state index in [9.17, 15) is 9.59 Å². The fourth-order valence-corrected chi connectivity index (χ4v) is 2.13. The van der Waals surface area contributed by atoms with Crippen LogP contribution in [0.4, 0.5) is 0 Å². The molecule has 0 fully saturated rings. The summed E-state index contributed by atoms with van der Waals surface area (Å²) in [6.45, 7) is 0.0412. The molecule has 0 bridgehead atoms. The molecule has 1 heterocycles. The minimum Gasteiger partial charge on any atom is -0.452 e. The Morgan fingerprint density at radius 2 is 1.84 bits per heavy atom. The van der Waals surface area contributed by atoms with Gasteiger partial charge in [0.15, 0.2) is 12.2 Å². The number of carbonyl (C=O) groups is 2. The zero-order valence-electron chi connectivity index (χ0n) is 13.3. The van der Waals surface area contributed by atoms with Crippen LogP contribution < -0.4 is 5.32 Å². The van der Waals surface area contributed by atoms with Crippen LogP contribution in [-0.4, -0.2) is 23.5 Å². The van der Waals surface area contributed by atoms with Gasteiger partial charge in [-0.2, -0.15) is 0 Å². The highest BCUT2D eigenvalue weighted by Crippen LogP contribution is 2.15. The van der Waals surface area contributed by atoms with E-state index in [2.05, 4.69) is 10.3 Å². The van der Waals surface area contributed by atoms with Crippen LogP contribution in [0.15, 0.2) is 65.1 Å². The summed E-state index contributed by atoms with van der Waals surface area (Å²) in [6.07, 6.45) is 2.58. The fraction of sp³-hybridized carbons (Fsp3) is 0.105. The number of aromatic nitrogens is 1. The van der Waals surface area contributed by atoms with Crippen LogP contribution in [0.2, 0.25) is 0 Å². The second-order valence-electron chi connectivity index (χ2n) is 5.22. The van der Waals surface area contributed by atoms with E-state index < -0.39 is 5.97 Å². The predicted octanol–water partition coefficient (Wildman–Crippen LogP) is 2.70. The van der Waals surface area contributed by atoms with Gasteiger partial charge in [-0.1, -0.05) is 42.5 Å². The third-order valence-corrected chi connectivity index (χ3v) is 3.35. The largest absolute Gasteiger partial charge is 0.452 e. The van der Waals surface area contributed by atoms with Crippen LogP contribution in [0.3, 0.4) is 0 Å². The van der Waals surface area contributed by atoms with Crippen LogP contribution in [0, 0.1) is 0 Å². The van der Waals surface area contributed by atoms with E-state index in [-0.39, 0.29) is 12.5 Å². The zero-order chi connectivity index (χ0) is 17.5. The maximum Gasteiger partial charge on any atom is 0.331 e. The van der Waals surface area contributed by atoms with E-state index in [1.54, 1.807) is 6.07 Å². The second-order valence-corrected chi connectivity index (χ2v) is 5.22. The fourth-order valence-electron chi connectivity index (χ4n) is 2.13. The number of benzene rings is 2. The summed E-state index contributed by atoms with van der Waals surface area (Å²) in [4.78, 5) is 27.5. The van der Waals surface area contributed by atoms with E-state index in [0.717, 1.165) is 5.56 Å². The van der Waals surface area contributed by atoms with Crippen LogP contribution in [0.5, 0.6) is 0 Å². The average molecular weight is 336 g/mol. The van der Waals surface area contributed by atoms with Gasteiger partial charge in [0, 0.05) is 18.7 Å². The normalized spacial score (nSPS) is 10.9. The first-order valence-corrected chi connectivity index (χ1v) is 7.72. The molecule has 0 aliphatic rings. The number of hydrogen-bond donors (Lipinski definition) is 1. The molecular weight excluding hydrogens is 320 g/mol. The molecule has 0 radical (unpaired) electrons. The standard InChI is InChI=1S/C19H16N2O4/c22-17(20-12-14-6-2-1-3-7-14)13-24-19(23)11-10-18-21-15-8-4-5-9-16(15)25-18/h1-11H,12-13H2,(H,20,22)/b11-10+. The second kappa shape index (κ2) is 7.92. The Labute approximate surface area is 144 Å². The Balaban J connectivity index is 1.45. The number of rotatable bonds is 6. The molecule has 6 heteroatoms. The van der Waals surface area contributed by atoms with Crippen LogP contribution in [0.1, 0.15) is 11.5 Å². The first kappa shape index (κ1) is 16.4. The van der Waals surface area contributed by atoms with Gasteiger partial charge in [0.25, 0.3) is 5.91 Å². The summed E-state index contributed by atoms with van der Waals surface area (Å²) in [5, 5.41) is 2.67. The molecule has 0 aliphatic heterocycles. The van der Waals surface area contributed by atoms with Gasteiger partial charge in [0.2, 0.25) is 5.89 Å². The third-order valence-electron chi connectivity index (χ3n) is 3.35. The van der Waals surface area contributed by atoms with Gasteiger partial charge in [-0.3, -0.25) is 4.79 Å². The van der Waals surface area contributed by atoms with Gasteiger partial charge < -0.3 is 14.5 Å². The molecule has 126 valence electrons. The molecule has 1 amide bonds. The van der Waals surface area contributed by atoms with Crippen molar-refractivity contribution in [3.8, 4) is 0 Å². The predicted molar refractivity (Wildman–Crippen MR) is 92.3 cm³/mol. The van der Waals surface area contributed by atoms with Crippen LogP contribution in [0.25, 0.3) is 17.2 Å². The van der Waals surface area contributed by atoms with Crippen LogP contribution in [-0.2, 0) is 20.9 Å². The highest BCUT2D eigenvalue weighted by Gasteiger charge is 2.06. The molecule has 0 aliphatic carbocycles. The number of carbonyl (C=O) groups excluding carboxylic acids is 2. The molecule has 0 saturated carbocycles. The lowest BCUT2D eigenvalue weighted by atomic mass is 10.2. The first-order chi connectivity index (χ1) is 12.2. The molecule has 3 rings (SSSR count). The van der Waals surface area contributed by atoms with Gasteiger partial charge in [-0.15, -0.1) is 0 Å². The summed E-state index contributed by atoms with van der Waals surface area (Å²) in [5.74, 6) is -0.712. The Morgan fingerprint density at radius 1 is 1.08 bits per heavy atom. The number of fused-ring (bicyclic) bond motifs is 1. The Kier molecular flexibility index (Phi) is 5.21. The van der Waals surface area contributed by atoms with Crippen molar-refractivity contribution in [3.63, 3.8) is 0 Å². The SMILES string of the molecule is O=C(COC(=O)/C=C/c1nc2ccccc2o1)NCc1ccccc1. The van der Waals surface area contributed by atoms with Crippen molar-refractivity contribution >= 4 is 29.1 Å². The number of oxazole rings is 1. The third kappa shape index (κ3) is 4.78. The molecule has 0 spiro atoms. The smallest absolute Gasteiger partial charge is 0.331 e. The lowest BCUT2D eigenvalue weighted by Crippen LogP contribution is -2.28. The molecule has 6 nitrogen and oxygen atoms in total.